The summed E-state index contributed by atoms with van der Waals surface area (Å²) >= 11 is 0. The molecule has 0 radical (unpaired) electrons. The molecule has 7 unspecified atom stereocenters. The van der Waals surface area contributed by atoms with Crippen LogP contribution >= 0.6 is 0 Å². The summed E-state index contributed by atoms with van der Waals surface area (Å²) < 4.78 is 260. The third kappa shape index (κ3) is 25.5. The number of hydrogen-bond acceptors (Lipinski definition) is 22. The molecule has 0 amide bonds. The van der Waals surface area contributed by atoms with Crippen molar-refractivity contribution in [1.82, 2.24) is 0 Å². The Morgan fingerprint density at radius 2 is 0.874 bits per heavy atom. The maximum atomic E-state index is 13.7. The summed E-state index contributed by atoms with van der Waals surface area (Å²) in [5.41, 5.74) is -0.545. The van der Waals surface area contributed by atoms with Gasteiger partial charge in [-0.1, -0.05) is 76.2 Å². The van der Waals surface area contributed by atoms with E-state index in [9.17, 15) is 104 Å². The van der Waals surface area contributed by atoms with Crippen molar-refractivity contribution in [2.45, 2.75) is 296 Å². The lowest BCUT2D eigenvalue weighted by Gasteiger charge is -2.27. The molecular weight excluding hydrogens is 1440 g/mol. The first kappa shape index (κ1) is 98.3. The summed E-state index contributed by atoms with van der Waals surface area (Å²) in [5, 5.41) is 44.1. The molecule has 0 aromatic rings. The first-order valence-electron chi connectivity index (χ1n) is 33.5. The molecule has 0 aromatic heterocycles. The number of rotatable bonds is 18. The molecule has 5 N–H and O–H groups in total. The maximum Gasteiger partial charge on any atom is 0.379 e. The molecule has 0 aliphatic carbocycles. The molecule has 7 fully saturated rings. The van der Waals surface area contributed by atoms with E-state index in [1.165, 1.54) is 62.3 Å². The minimum absolute atomic E-state index is 0.0448. The quantitative estimate of drug-likeness (QED) is 0.0484. The minimum Gasteiger partial charge on any atom is -0.462 e. The monoisotopic (exact) mass is 1540 g/mol. The first-order valence-corrected chi connectivity index (χ1v) is 33.5. The van der Waals surface area contributed by atoms with Gasteiger partial charge in [-0.2, -0.15) is 52.7 Å². The lowest BCUT2D eigenvalue weighted by molar-refractivity contribution is -0.205. The van der Waals surface area contributed by atoms with Crippen LogP contribution in [0.15, 0.2) is 0 Å². The molecule has 103 heavy (non-hydrogen) atoms. The van der Waals surface area contributed by atoms with Gasteiger partial charge in [0.25, 0.3) is 5.92 Å². The second-order valence-electron chi connectivity index (χ2n) is 26.3. The number of esters is 6. The molecule has 0 aromatic carbocycles. The van der Waals surface area contributed by atoms with Crippen molar-refractivity contribution in [2.75, 3.05) is 39.6 Å². The van der Waals surface area contributed by atoms with Crippen LogP contribution in [0.4, 0.5) is 70.2 Å². The fourth-order valence-corrected chi connectivity index (χ4v) is 10.4. The van der Waals surface area contributed by atoms with Crippen molar-refractivity contribution in [3.05, 3.63) is 0 Å². The number of aliphatic hydroxyl groups excluding tert-OH is 5. The second kappa shape index (κ2) is 39.9. The molecule has 22 nitrogen and oxygen atoms in total. The molecule has 18 atom stereocenters. The standard InChI is InChI=1S/2C11H18F2O4.C8H14F2O4.C8H14F2O.C7H12F2O2.2C7H10F2O2.C6H8F2O3/c1-5-15-9(14)11(12,13)7(2)8-6-16-10(3,4)17-8;1-4-16-9(15)11(12,13)8(14)7-5-6-10(2,3)17-7;1-3-14-7(13)8(9,10)5(2)6(12)4-11;1-4-7-5(2)8(9,10)6(3)11-7;3*1-3-5-4(2)7(8,9)6(10)11-5;1-3-4(2-9)11-5(10)6(3,7)8/h7-8H,5-6H2,1-4H3;7-8,14H,4-6H2,1-3H3;5-6,11-12H,3-4H2,1-2H3;5-7H,4H2,1-3H3;4-6,10H,3H2,1-2H3;2*4-5H,3H2,1-2H3;3-4,9H,2H2,1H3/t7?,8-;7-,8?;5?,6-;5-,6?,7+;4-,5+,6?;4?,5-;4-,5+;3?,4-/m11100101/s1. The summed E-state index contributed by atoms with van der Waals surface area (Å²) in [4.78, 5) is 64.4. The van der Waals surface area contributed by atoms with E-state index >= 15 is 0 Å². The third-order valence-electron chi connectivity index (χ3n) is 18.0. The van der Waals surface area contributed by atoms with Gasteiger partial charge in [0.2, 0.25) is 6.29 Å². The van der Waals surface area contributed by atoms with E-state index in [-0.39, 0.29) is 32.5 Å². The molecular formula is C65H104F16O22. The average Bonchev–Trinajstić information content (AvgIpc) is 1.76. The van der Waals surface area contributed by atoms with E-state index in [2.05, 4.69) is 33.2 Å². The molecule has 0 saturated carbocycles. The van der Waals surface area contributed by atoms with Crippen LogP contribution < -0.4 is 0 Å². The normalized spacial score (nSPS) is 31.2. The highest BCUT2D eigenvalue weighted by Gasteiger charge is 2.61. The highest BCUT2D eigenvalue weighted by Crippen LogP contribution is 2.45. The van der Waals surface area contributed by atoms with Gasteiger partial charge in [-0.25, -0.2) is 46.3 Å². The molecule has 7 rings (SSSR count). The largest absolute Gasteiger partial charge is 0.462 e. The van der Waals surface area contributed by atoms with Gasteiger partial charge in [0.05, 0.1) is 111 Å². The van der Waals surface area contributed by atoms with E-state index in [1.54, 1.807) is 55.4 Å². The van der Waals surface area contributed by atoms with Gasteiger partial charge >= 0.3 is 77.3 Å². The van der Waals surface area contributed by atoms with Crippen LogP contribution in [0.25, 0.3) is 0 Å². The Morgan fingerprint density at radius 1 is 0.515 bits per heavy atom. The van der Waals surface area contributed by atoms with Crippen LogP contribution in [-0.2, 0) is 80.9 Å². The number of hydrogen-bond donors (Lipinski definition) is 5. The van der Waals surface area contributed by atoms with E-state index < -0.39 is 210 Å². The number of cyclic esters (lactones) is 3. The Bertz CT molecular complexity index is 2460. The van der Waals surface area contributed by atoms with Gasteiger partial charge in [-0.05, 0) is 93.9 Å². The SMILES string of the molecule is CC1[C@@H](CO)OC(=O)C1(F)F.CCOC(=O)C(F)(F)C(C)[C@H](O)CO.CCOC(=O)C(F)(F)C(C)[C@H]1COC(C)(C)O1.CCOC(=O)C(F)(F)C(O)[C@H]1CCC(C)(C)O1.CC[C@H]1OC(=O)C(F)(F)C1C.CC[C@H]1OC(=O)C(F)(F)[C@H]1C.CC[C@H]1OC(C)C(F)(F)[C@H]1C.CC[C@H]1OC(O)C(F)(F)[C@H]1C. The van der Waals surface area contributed by atoms with Crippen LogP contribution in [0.5, 0.6) is 0 Å². The molecule has 7 heterocycles. The van der Waals surface area contributed by atoms with Crippen LogP contribution in [-0.4, -0.2) is 227 Å². The lowest BCUT2D eigenvalue weighted by Crippen LogP contribution is -2.49. The predicted molar refractivity (Wildman–Crippen MR) is 329 cm³/mol. The second-order valence-corrected chi connectivity index (χ2v) is 26.3. The van der Waals surface area contributed by atoms with Crippen molar-refractivity contribution >= 4 is 35.8 Å². The van der Waals surface area contributed by atoms with Gasteiger partial charge < -0.3 is 77.6 Å². The molecule has 7 aliphatic rings. The van der Waals surface area contributed by atoms with Crippen LogP contribution in [0.2, 0.25) is 0 Å². The van der Waals surface area contributed by atoms with Crippen molar-refractivity contribution < 1.29 is 177 Å². The van der Waals surface area contributed by atoms with Crippen LogP contribution in [0.1, 0.15) is 170 Å². The van der Waals surface area contributed by atoms with Crippen LogP contribution in [0, 0.1) is 41.4 Å². The molecule has 608 valence electrons. The summed E-state index contributed by atoms with van der Waals surface area (Å²) in [6.07, 6.45) is -8.62. The fraction of sp³-hybridized carbons (Fsp3) is 0.908. The van der Waals surface area contributed by atoms with Gasteiger partial charge in [-0.3, -0.25) is 0 Å². The molecule has 7 saturated heterocycles. The zero-order valence-electron chi connectivity index (χ0n) is 61.1. The highest BCUT2D eigenvalue weighted by atomic mass is 19.3. The van der Waals surface area contributed by atoms with E-state index in [4.69, 9.17) is 39.4 Å². The number of ether oxygens (including phenoxy) is 11. The Hall–Kier alpha value is -4.70. The topological polar surface area (TPSA) is 305 Å². The van der Waals surface area contributed by atoms with Crippen LogP contribution in [0.3, 0.4) is 0 Å². The summed E-state index contributed by atoms with van der Waals surface area (Å²) in [7, 11) is 0. The fourth-order valence-electron chi connectivity index (χ4n) is 10.4. The van der Waals surface area contributed by atoms with Gasteiger partial charge in [0.1, 0.15) is 24.4 Å². The highest BCUT2D eigenvalue weighted by molar-refractivity contribution is 5.82. The van der Waals surface area contributed by atoms with Crippen molar-refractivity contribution in [3.8, 4) is 0 Å². The van der Waals surface area contributed by atoms with Crippen molar-refractivity contribution in [2.24, 2.45) is 41.4 Å². The number of aliphatic hydroxyl groups is 5. The van der Waals surface area contributed by atoms with Gasteiger partial charge in [0, 0.05) is 5.92 Å². The Labute approximate surface area is 588 Å². The zero-order chi connectivity index (χ0) is 81.1. The Morgan fingerprint density at radius 3 is 1.11 bits per heavy atom. The number of alkyl halides is 16. The van der Waals surface area contributed by atoms with Gasteiger partial charge in [-0.15, -0.1) is 0 Å². The molecule has 0 spiro atoms. The Balaban J connectivity index is 0.00000116. The van der Waals surface area contributed by atoms with Gasteiger partial charge in [0.15, 0.2) is 11.9 Å². The van der Waals surface area contributed by atoms with E-state index in [0.29, 0.717) is 38.5 Å². The average molecular weight is 1540 g/mol. The molecule has 0 bridgehead atoms. The number of halogens is 16. The number of carbonyl (C=O) groups is 6. The minimum atomic E-state index is -3.93. The summed E-state index contributed by atoms with van der Waals surface area (Å²) in [5.74, 6) is -44.8. The van der Waals surface area contributed by atoms with E-state index in [1.807, 2.05) is 6.92 Å². The summed E-state index contributed by atoms with van der Waals surface area (Å²) in [6, 6.07) is 0. The van der Waals surface area contributed by atoms with Crippen molar-refractivity contribution in [1.29, 1.82) is 0 Å². The summed E-state index contributed by atoms with van der Waals surface area (Å²) in [6.45, 7) is 26.9. The lowest BCUT2D eigenvalue weighted by atomic mass is 9.96. The molecule has 7 aliphatic heterocycles. The molecule has 38 heteroatoms. The smallest absolute Gasteiger partial charge is 0.379 e. The Kier molecular flexibility index (Phi) is 38.1. The van der Waals surface area contributed by atoms with Crippen molar-refractivity contribution in [3.63, 3.8) is 0 Å². The maximum absolute atomic E-state index is 13.7. The van der Waals surface area contributed by atoms with E-state index in [0.717, 1.165) is 6.92 Å². The zero-order valence-corrected chi connectivity index (χ0v) is 61.1. The first-order chi connectivity index (χ1) is 46.8. The third-order valence-corrected chi connectivity index (χ3v) is 18.0. The predicted octanol–water partition coefficient (Wildman–Crippen LogP) is 10.9. The number of carbonyl (C=O) groups excluding carboxylic acids is 6.